The summed E-state index contributed by atoms with van der Waals surface area (Å²) >= 11 is 5.05. The summed E-state index contributed by atoms with van der Waals surface area (Å²) < 4.78 is 12.8. The Morgan fingerprint density at radius 2 is 1.82 bits per heavy atom. The van der Waals surface area contributed by atoms with Crippen LogP contribution in [-0.4, -0.2) is 34.7 Å². The van der Waals surface area contributed by atoms with Crippen molar-refractivity contribution in [2.24, 2.45) is 4.99 Å². The molecule has 2 aromatic rings. The van der Waals surface area contributed by atoms with E-state index in [-0.39, 0.29) is 18.0 Å². The number of aryl methyl sites for hydroxylation is 1. The molecule has 1 amide bonds. The SMILES string of the molecule is CCOc1cc(/C=C2/SC(=NC(C)C)N(C(C)C)C2=O)cc(Br)c1OCc1ccc(C)cc1. The molecule has 0 unspecified atom stereocenters. The minimum Gasteiger partial charge on any atom is -0.490 e. The molecule has 7 heteroatoms. The van der Waals surface area contributed by atoms with E-state index < -0.39 is 0 Å². The van der Waals surface area contributed by atoms with Crippen LogP contribution in [0.2, 0.25) is 0 Å². The lowest BCUT2D eigenvalue weighted by Gasteiger charge is -2.20. The van der Waals surface area contributed by atoms with Crippen LogP contribution in [0.15, 0.2) is 50.8 Å². The summed E-state index contributed by atoms with van der Waals surface area (Å²) in [5, 5.41) is 0.749. The van der Waals surface area contributed by atoms with Crippen molar-refractivity contribution in [2.45, 2.75) is 60.2 Å². The quantitative estimate of drug-likeness (QED) is 0.351. The van der Waals surface area contributed by atoms with Crippen molar-refractivity contribution >= 4 is 44.8 Å². The highest BCUT2D eigenvalue weighted by Crippen LogP contribution is 2.40. The number of hydrogen-bond donors (Lipinski definition) is 0. The number of aliphatic imine (C=N–C) groups is 1. The maximum Gasteiger partial charge on any atom is 0.266 e. The molecule has 0 atom stereocenters. The third-order valence-electron chi connectivity index (χ3n) is 4.86. The van der Waals surface area contributed by atoms with E-state index >= 15 is 0 Å². The molecule has 176 valence electrons. The monoisotopic (exact) mass is 530 g/mol. The number of benzene rings is 2. The number of amides is 1. The van der Waals surface area contributed by atoms with Gasteiger partial charge in [-0.1, -0.05) is 29.8 Å². The predicted molar refractivity (Wildman–Crippen MR) is 141 cm³/mol. The van der Waals surface area contributed by atoms with E-state index in [1.54, 1.807) is 4.90 Å². The number of rotatable bonds is 8. The Balaban J connectivity index is 1.90. The molecule has 3 rings (SSSR count). The van der Waals surface area contributed by atoms with Crippen LogP contribution in [-0.2, 0) is 11.4 Å². The van der Waals surface area contributed by atoms with Gasteiger partial charge in [0.05, 0.1) is 16.0 Å². The Kier molecular flexibility index (Phi) is 8.65. The molecule has 1 aliphatic rings. The van der Waals surface area contributed by atoms with Gasteiger partial charge in [-0.2, -0.15) is 0 Å². The van der Waals surface area contributed by atoms with Crippen LogP contribution in [0.25, 0.3) is 6.08 Å². The molecule has 0 N–H and O–H groups in total. The normalized spacial score (nSPS) is 16.5. The lowest BCUT2D eigenvalue weighted by molar-refractivity contribution is -0.123. The van der Waals surface area contributed by atoms with E-state index in [4.69, 9.17) is 9.47 Å². The van der Waals surface area contributed by atoms with E-state index in [1.165, 1.54) is 17.3 Å². The number of thioether (sulfide) groups is 1. The van der Waals surface area contributed by atoms with Crippen molar-refractivity contribution in [1.29, 1.82) is 0 Å². The van der Waals surface area contributed by atoms with E-state index in [2.05, 4.69) is 52.1 Å². The highest BCUT2D eigenvalue weighted by atomic mass is 79.9. The van der Waals surface area contributed by atoms with Crippen LogP contribution in [0.1, 0.15) is 51.3 Å². The Labute approximate surface area is 209 Å². The molecule has 0 radical (unpaired) electrons. The first-order valence-electron chi connectivity index (χ1n) is 11.1. The van der Waals surface area contributed by atoms with E-state index in [0.717, 1.165) is 20.8 Å². The molecular formula is C26H31BrN2O3S. The highest BCUT2D eigenvalue weighted by Gasteiger charge is 2.35. The average molecular weight is 532 g/mol. The molecule has 0 bridgehead atoms. The number of nitrogens with zero attached hydrogens (tertiary/aromatic N) is 2. The number of amidine groups is 1. The second-order valence-electron chi connectivity index (χ2n) is 8.42. The summed E-state index contributed by atoms with van der Waals surface area (Å²) in [6, 6.07) is 12.3. The highest BCUT2D eigenvalue weighted by molar-refractivity contribution is 9.10. The molecule has 33 heavy (non-hydrogen) atoms. The van der Waals surface area contributed by atoms with Crippen LogP contribution in [0, 0.1) is 6.92 Å². The second-order valence-corrected chi connectivity index (χ2v) is 10.3. The summed E-state index contributed by atoms with van der Waals surface area (Å²) in [5.74, 6) is 1.26. The van der Waals surface area contributed by atoms with Gasteiger partial charge >= 0.3 is 0 Å². The Bertz CT molecular complexity index is 1060. The first-order valence-corrected chi connectivity index (χ1v) is 12.8. The third kappa shape index (κ3) is 6.42. The van der Waals surface area contributed by atoms with Crippen LogP contribution in [0.4, 0.5) is 0 Å². The van der Waals surface area contributed by atoms with E-state index in [1.807, 2.05) is 52.8 Å². The van der Waals surface area contributed by atoms with Crippen molar-refractivity contribution in [3.8, 4) is 11.5 Å². The molecule has 5 nitrogen and oxygen atoms in total. The lowest BCUT2D eigenvalue weighted by Crippen LogP contribution is -2.35. The topological polar surface area (TPSA) is 51.1 Å². The molecule has 1 fully saturated rings. The molecule has 0 spiro atoms. The Morgan fingerprint density at radius 1 is 1.12 bits per heavy atom. The number of carbonyl (C=O) groups is 1. The molecule has 0 aliphatic carbocycles. The molecule has 2 aromatic carbocycles. The van der Waals surface area contributed by atoms with Crippen molar-refractivity contribution in [1.82, 2.24) is 4.90 Å². The van der Waals surface area contributed by atoms with Crippen LogP contribution in [0.5, 0.6) is 11.5 Å². The van der Waals surface area contributed by atoms with E-state index in [0.29, 0.717) is 29.6 Å². The van der Waals surface area contributed by atoms with Gasteiger partial charge in [0.25, 0.3) is 5.91 Å². The first kappa shape index (κ1) is 25.4. The van der Waals surface area contributed by atoms with Gasteiger partial charge in [-0.3, -0.25) is 14.7 Å². The standard InChI is InChI=1S/C26H31BrN2O3S/c1-7-31-22-13-20(12-21(27)24(22)32-15-19-10-8-18(6)9-11-19)14-23-25(30)29(17(4)5)26(33-23)28-16(2)3/h8-14,16-17H,7,15H2,1-6H3/b23-14+,28-26?. The largest absolute Gasteiger partial charge is 0.490 e. The van der Waals surface area contributed by atoms with Gasteiger partial charge < -0.3 is 9.47 Å². The number of halogens is 1. The van der Waals surface area contributed by atoms with Crippen molar-refractivity contribution in [2.75, 3.05) is 6.61 Å². The fourth-order valence-corrected chi connectivity index (χ4v) is 5.13. The maximum absolute atomic E-state index is 13.1. The molecule has 1 saturated heterocycles. The summed E-state index contributed by atoms with van der Waals surface area (Å²) in [5.41, 5.74) is 3.16. The molecular weight excluding hydrogens is 500 g/mol. The van der Waals surface area contributed by atoms with Gasteiger partial charge in [-0.05, 0) is 98.6 Å². The summed E-state index contributed by atoms with van der Waals surface area (Å²) in [6.07, 6.45) is 1.89. The minimum absolute atomic E-state index is 0.0248. The molecule has 0 aromatic heterocycles. The fourth-order valence-electron chi connectivity index (χ4n) is 3.32. The minimum atomic E-state index is -0.0248. The lowest BCUT2D eigenvalue weighted by atomic mass is 10.1. The van der Waals surface area contributed by atoms with Crippen molar-refractivity contribution in [3.05, 3.63) is 62.5 Å². The van der Waals surface area contributed by atoms with Crippen molar-refractivity contribution < 1.29 is 14.3 Å². The van der Waals surface area contributed by atoms with Crippen LogP contribution >= 0.6 is 27.7 Å². The fraction of sp³-hybridized carbons (Fsp3) is 0.385. The van der Waals surface area contributed by atoms with Gasteiger partial charge in [0.2, 0.25) is 0 Å². The maximum atomic E-state index is 13.1. The average Bonchev–Trinajstić information content (AvgIpc) is 3.03. The Morgan fingerprint density at radius 3 is 2.42 bits per heavy atom. The van der Waals surface area contributed by atoms with Gasteiger partial charge in [0.1, 0.15) is 6.61 Å². The smallest absolute Gasteiger partial charge is 0.266 e. The second kappa shape index (κ2) is 11.3. The number of carbonyl (C=O) groups excluding carboxylic acids is 1. The van der Waals surface area contributed by atoms with Crippen LogP contribution in [0.3, 0.4) is 0 Å². The number of hydrogen-bond acceptors (Lipinski definition) is 5. The Hall–Kier alpha value is -2.25. The zero-order chi connectivity index (χ0) is 24.1. The third-order valence-corrected chi connectivity index (χ3v) is 6.44. The molecule has 1 heterocycles. The van der Waals surface area contributed by atoms with Gasteiger partial charge in [0.15, 0.2) is 16.7 Å². The number of ether oxygens (including phenoxy) is 2. The zero-order valence-electron chi connectivity index (χ0n) is 20.0. The summed E-state index contributed by atoms with van der Waals surface area (Å²) in [7, 11) is 0. The van der Waals surface area contributed by atoms with Gasteiger partial charge in [0, 0.05) is 12.1 Å². The van der Waals surface area contributed by atoms with Crippen LogP contribution < -0.4 is 9.47 Å². The van der Waals surface area contributed by atoms with E-state index in [9.17, 15) is 4.79 Å². The van der Waals surface area contributed by atoms with Gasteiger partial charge in [-0.25, -0.2) is 0 Å². The molecule has 1 aliphatic heterocycles. The molecule has 0 saturated carbocycles. The van der Waals surface area contributed by atoms with Gasteiger partial charge in [-0.15, -0.1) is 0 Å². The predicted octanol–water partition coefficient (Wildman–Crippen LogP) is 6.82. The summed E-state index contributed by atoms with van der Waals surface area (Å²) in [4.78, 5) is 20.1. The first-order chi connectivity index (χ1) is 15.7. The zero-order valence-corrected chi connectivity index (χ0v) is 22.4. The van der Waals surface area contributed by atoms with Crippen molar-refractivity contribution in [3.63, 3.8) is 0 Å². The summed E-state index contributed by atoms with van der Waals surface area (Å²) in [6.45, 7) is 13.0.